The van der Waals surface area contributed by atoms with Crippen molar-refractivity contribution in [3.8, 4) is 11.3 Å². The molecule has 3 heteroatoms. The Morgan fingerprint density at radius 2 is 1.89 bits per heavy atom. The van der Waals surface area contributed by atoms with E-state index >= 15 is 0 Å². The Kier molecular flexibility index (Phi) is 2.61. The van der Waals surface area contributed by atoms with Gasteiger partial charge in [-0.05, 0) is 24.1 Å². The molecule has 0 saturated heterocycles. The minimum absolute atomic E-state index is 0.552. The lowest BCUT2D eigenvalue weighted by atomic mass is 10.1. The van der Waals surface area contributed by atoms with Crippen LogP contribution in [0.1, 0.15) is 11.1 Å². The summed E-state index contributed by atoms with van der Waals surface area (Å²) in [7, 11) is 0. The Balaban J connectivity index is 2.16. The summed E-state index contributed by atoms with van der Waals surface area (Å²) in [6.07, 6.45) is 0. The molecule has 0 aliphatic rings. The van der Waals surface area contributed by atoms with Crippen LogP contribution in [0.5, 0.6) is 0 Å². The number of fused-ring (bicyclic) bond motifs is 1. The van der Waals surface area contributed by atoms with E-state index in [1.54, 1.807) is 0 Å². The molecule has 0 aliphatic heterocycles. The van der Waals surface area contributed by atoms with Crippen LogP contribution in [-0.2, 0) is 6.54 Å². The summed E-state index contributed by atoms with van der Waals surface area (Å²) in [5.41, 5.74) is 9.78. The second-order valence-electron chi connectivity index (χ2n) is 4.38. The lowest BCUT2D eigenvalue weighted by molar-refractivity contribution is 0.440. The molecule has 3 nitrogen and oxygen atoms in total. The number of rotatable bonds is 2. The van der Waals surface area contributed by atoms with E-state index in [1.165, 1.54) is 0 Å². The highest BCUT2D eigenvalue weighted by Gasteiger charge is 2.11. The van der Waals surface area contributed by atoms with Crippen LogP contribution < -0.4 is 5.73 Å². The summed E-state index contributed by atoms with van der Waals surface area (Å²) in [6.45, 7) is 2.59. The van der Waals surface area contributed by atoms with E-state index in [0.29, 0.717) is 6.54 Å². The van der Waals surface area contributed by atoms with Crippen LogP contribution in [0.4, 0.5) is 0 Å². The predicted octanol–water partition coefficient (Wildman–Crippen LogP) is 3.26. The zero-order valence-electron chi connectivity index (χ0n) is 10.2. The number of benzene rings is 2. The molecule has 2 aromatic carbocycles. The van der Waals surface area contributed by atoms with Gasteiger partial charge in [-0.25, -0.2) is 0 Å². The van der Waals surface area contributed by atoms with E-state index in [0.717, 1.165) is 33.4 Å². The summed E-state index contributed by atoms with van der Waals surface area (Å²) in [5.74, 6) is 0.817. The van der Waals surface area contributed by atoms with Crippen molar-refractivity contribution in [3.63, 3.8) is 0 Å². The van der Waals surface area contributed by atoms with Gasteiger partial charge in [-0.2, -0.15) is 0 Å². The van der Waals surface area contributed by atoms with Gasteiger partial charge in [0, 0.05) is 17.5 Å². The molecule has 1 aromatic heterocycles. The van der Waals surface area contributed by atoms with Crippen LogP contribution in [0.15, 0.2) is 47.0 Å². The highest BCUT2D eigenvalue weighted by Crippen LogP contribution is 2.30. The molecule has 18 heavy (non-hydrogen) atoms. The number of hydrogen-bond acceptors (Lipinski definition) is 3. The van der Waals surface area contributed by atoms with E-state index in [1.807, 2.05) is 49.4 Å². The van der Waals surface area contributed by atoms with Crippen molar-refractivity contribution in [3.05, 3.63) is 53.6 Å². The van der Waals surface area contributed by atoms with Crippen molar-refractivity contribution >= 4 is 10.9 Å². The molecule has 0 bridgehead atoms. The molecule has 1 heterocycles. The van der Waals surface area contributed by atoms with Crippen molar-refractivity contribution in [2.75, 3.05) is 0 Å². The Morgan fingerprint density at radius 3 is 2.61 bits per heavy atom. The Morgan fingerprint density at radius 1 is 1.11 bits per heavy atom. The van der Waals surface area contributed by atoms with Crippen molar-refractivity contribution in [1.82, 2.24) is 5.16 Å². The van der Waals surface area contributed by atoms with E-state index in [4.69, 9.17) is 10.3 Å². The van der Waals surface area contributed by atoms with Crippen LogP contribution >= 0.6 is 0 Å². The second kappa shape index (κ2) is 4.27. The summed E-state index contributed by atoms with van der Waals surface area (Å²) in [6, 6.07) is 14.2. The highest BCUT2D eigenvalue weighted by molar-refractivity contribution is 5.93. The Hall–Kier alpha value is -2.13. The molecule has 0 unspecified atom stereocenters. The zero-order valence-corrected chi connectivity index (χ0v) is 10.2. The standard InChI is InChI=1S/C15H14N2O/c1-10-3-2-4-13-14(10)17-18-15(13)12-7-5-11(9-16)6-8-12/h2-8H,9,16H2,1H3. The molecule has 0 spiro atoms. The molecule has 0 saturated carbocycles. The normalized spacial score (nSPS) is 11.0. The zero-order chi connectivity index (χ0) is 12.5. The van der Waals surface area contributed by atoms with Crippen LogP contribution in [0.2, 0.25) is 0 Å². The first-order valence-electron chi connectivity index (χ1n) is 5.94. The third kappa shape index (κ3) is 1.69. The molecule has 3 aromatic rings. The van der Waals surface area contributed by atoms with Crippen LogP contribution in [0.25, 0.3) is 22.2 Å². The van der Waals surface area contributed by atoms with Crippen LogP contribution in [0.3, 0.4) is 0 Å². The summed E-state index contributed by atoms with van der Waals surface area (Å²) < 4.78 is 5.47. The maximum absolute atomic E-state index is 5.59. The maximum Gasteiger partial charge on any atom is 0.174 e. The van der Waals surface area contributed by atoms with Gasteiger partial charge in [-0.3, -0.25) is 0 Å². The first kappa shape index (κ1) is 11.0. The molecular formula is C15H14N2O. The van der Waals surface area contributed by atoms with E-state index in [2.05, 4.69) is 5.16 Å². The fraction of sp³-hybridized carbons (Fsp3) is 0.133. The van der Waals surface area contributed by atoms with Gasteiger partial charge in [0.1, 0.15) is 5.52 Å². The van der Waals surface area contributed by atoms with Crippen molar-refractivity contribution < 1.29 is 4.52 Å². The average molecular weight is 238 g/mol. The number of aromatic nitrogens is 1. The van der Waals surface area contributed by atoms with Crippen LogP contribution in [0, 0.1) is 6.92 Å². The van der Waals surface area contributed by atoms with E-state index < -0.39 is 0 Å². The average Bonchev–Trinajstić information content (AvgIpc) is 2.84. The molecule has 0 fully saturated rings. The first-order valence-corrected chi connectivity index (χ1v) is 5.94. The van der Waals surface area contributed by atoms with Gasteiger partial charge < -0.3 is 10.3 Å². The van der Waals surface area contributed by atoms with Gasteiger partial charge in [-0.15, -0.1) is 0 Å². The Bertz CT molecular complexity index is 683. The second-order valence-corrected chi connectivity index (χ2v) is 4.38. The maximum atomic E-state index is 5.59. The molecule has 0 aliphatic carbocycles. The summed E-state index contributed by atoms with van der Waals surface area (Å²) in [5, 5.41) is 5.19. The van der Waals surface area contributed by atoms with Gasteiger partial charge in [0.25, 0.3) is 0 Å². The van der Waals surface area contributed by atoms with Crippen LogP contribution in [-0.4, -0.2) is 5.16 Å². The van der Waals surface area contributed by atoms with Gasteiger partial charge in [0.2, 0.25) is 0 Å². The van der Waals surface area contributed by atoms with Crippen molar-refractivity contribution in [1.29, 1.82) is 0 Å². The number of hydrogen-bond donors (Lipinski definition) is 1. The fourth-order valence-electron chi connectivity index (χ4n) is 2.10. The van der Waals surface area contributed by atoms with Gasteiger partial charge in [0.15, 0.2) is 5.76 Å². The first-order chi connectivity index (χ1) is 8.79. The summed E-state index contributed by atoms with van der Waals surface area (Å²) in [4.78, 5) is 0. The molecule has 90 valence electrons. The minimum atomic E-state index is 0.552. The topological polar surface area (TPSA) is 52.0 Å². The predicted molar refractivity (Wildman–Crippen MR) is 72.1 cm³/mol. The monoisotopic (exact) mass is 238 g/mol. The molecule has 3 rings (SSSR count). The van der Waals surface area contributed by atoms with Gasteiger partial charge in [0.05, 0.1) is 0 Å². The Labute approximate surface area is 105 Å². The number of aryl methyl sites for hydroxylation is 1. The largest absolute Gasteiger partial charge is 0.355 e. The molecule has 0 radical (unpaired) electrons. The molecule has 0 amide bonds. The van der Waals surface area contributed by atoms with E-state index in [-0.39, 0.29) is 0 Å². The van der Waals surface area contributed by atoms with Crippen molar-refractivity contribution in [2.45, 2.75) is 13.5 Å². The van der Waals surface area contributed by atoms with Crippen molar-refractivity contribution in [2.24, 2.45) is 5.73 Å². The summed E-state index contributed by atoms with van der Waals surface area (Å²) >= 11 is 0. The lowest BCUT2D eigenvalue weighted by Crippen LogP contribution is -1.95. The van der Waals surface area contributed by atoms with Gasteiger partial charge in [-0.1, -0.05) is 41.6 Å². The highest BCUT2D eigenvalue weighted by atomic mass is 16.5. The van der Waals surface area contributed by atoms with E-state index in [9.17, 15) is 0 Å². The molecule has 2 N–H and O–H groups in total. The third-order valence-electron chi connectivity index (χ3n) is 3.16. The molecule has 0 atom stereocenters. The SMILES string of the molecule is Cc1cccc2c(-c3ccc(CN)cc3)onc12. The quantitative estimate of drug-likeness (QED) is 0.745. The number of nitrogens with zero attached hydrogens (tertiary/aromatic N) is 1. The molecular weight excluding hydrogens is 224 g/mol. The third-order valence-corrected chi connectivity index (χ3v) is 3.16. The fourth-order valence-corrected chi connectivity index (χ4v) is 2.10. The van der Waals surface area contributed by atoms with Gasteiger partial charge >= 0.3 is 0 Å². The number of nitrogens with two attached hydrogens (primary N) is 1. The minimum Gasteiger partial charge on any atom is -0.355 e. The lowest BCUT2D eigenvalue weighted by Gasteiger charge is -1.99. The smallest absolute Gasteiger partial charge is 0.174 e.